The topological polar surface area (TPSA) is 61.4 Å². The number of nitrogens with one attached hydrogen (secondary N) is 1. The van der Waals surface area contributed by atoms with Gasteiger partial charge in [0.2, 0.25) is 0 Å². The van der Waals surface area contributed by atoms with Crippen molar-refractivity contribution >= 4 is 22.4 Å². The van der Waals surface area contributed by atoms with E-state index in [-0.39, 0.29) is 11.6 Å². The molecule has 9 heteroatoms. The minimum atomic E-state index is -0.714. The van der Waals surface area contributed by atoms with Gasteiger partial charge < -0.3 is 10.2 Å². The molecule has 0 bridgehead atoms. The third-order valence-electron chi connectivity index (χ3n) is 6.26. The highest BCUT2D eigenvalue weighted by Gasteiger charge is 2.30. The van der Waals surface area contributed by atoms with Gasteiger partial charge in [0.15, 0.2) is 5.13 Å². The average molecular weight is 450 g/mol. The molecule has 1 N–H and O–H groups in total. The van der Waals surface area contributed by atoms with Crippen molar-refractivity contribution in [2.75, 3.05) is 31.5 Å². The zero-order chi connectivity index (χ0) is 22.0. The Morgan fingerprint density at radius 3 is 2.68 bits per heavy atom. The Labute approximate surface area is 185 Å². The SMILES string of the molecule is CC(Nc1ncc(C(=O)N2CCC(N3CCC[C@@H](C)C3)CC2)s1)c1ncc(F)cc1F. The highest BCUT2D eigenvalue weighted by atomic mass is 32.1. The molecule has 2 aliphatic heterocycles. The van der Waals surface area contributed by atoms with E-state index in [0.717, 1.165) is 44.1 Å². The van der Waals surface area contributed by atoms with Gasteiger partial charge in [0.05, 0.1) is 24.1 Å². The molecular formula is C22H29F2N5OS. The number of pyridine rings is 1. The van der Waals surface area contributed by atoms with Gasteiger partial charge in [-0.2, -0.15) is 0 Å². The van der Waals surface area contributed by atoms with Crippen LogP contribution >= 0.6 is 11.3 Å². The minimum Gasteiger partial charge on any atom is -0.353 e. The number of halogens is 2. The fourth-order valence-corrected chi connectivity index (χ4v) is 5.46. The van der Waals surface area contributed by atoms with Crippen molar-refractivity contribution in [3.63, 3.8) is 0 Å². The quantitative estimate of drug-likeness (QED) is 0.736. The zero-order valence-electron chi connectivity index (χ0n) is 18.0. The maximum absolute atomic E-state index is 13.9. The number of nitrogens with zero attached hydrogens (tertiary/aromatic N) is 4. The van der Waals surface area contributed by atoms with Crippen LogP contribution in [0.15, 0.2) is 18.5 Å². The van der Waals surface area contributed by atoms with Crippen molar-refractivity contribution in [2.45, 2.75) is 51.6 Å². The summed E-state index contributed by atoms with van der Waals surface area (Å²) < 4.78 is 27.0. The molecule has 168 valence electrons. The summed E-state index contributed by atoms with van der Waals surface area (Å²) in [5.41, 5.74) is 0.110. The summed E-state index contributed by atoms with van der Waals surface area (Å²) in [6.07, 6.45) is 7.16. The third kappa shape index (κ3) is 5.20. The number of thiazole rings is 1. The van der Waals surface area contributed by atoms with Crippen LogP contribution in [0.3, 0.4) is 0 Å². The number of rotatable bonds is 5. The number of carbonyl (C=O) groups excluding carboxylic acids is 1. The Morgan fingerprint density at radius 2 is 1.97 bits per heavy atom. The number of carbonyl (C=O) groups is 1. The second-order valence-electron chi connectivity index (χ2n) is 8.68. The molecular weight excluding hydrogens is 420 g/mol. The normalized spacial score (nSPS) is 21.8. The first-order chi connectivity index (χ1) is 14.9. The van der Waals surface area contributed by atoms with Crippen LogP contribution < -0.4 is 5.32 Å². The van der Waals surface area contributed by atoms with Gasteiger partial charge in [-0.3, -0.25) is 14.7 Å². The second-order valence-corrected chi connectivity index (χ2v) is 9.71. The molecule has 0 radical (unpaired) electrons. The summed E-state index contributed by atoms with van der Waals surface area (Å²) in [7, 11) is 0. The zero-order valence-corrected chi connectivity index (χ0v) is 18.8. The van der Waals surface area contributed by atoms with E-state index in [1.165, 1.54) is 37.3 Å². The molecule has 2 aromatic heterocycles. The molecule has 4 rings (SSSR count). The molecule has 2 fully saturated rings. The lowest BCUT2D eigenvalue weighted by Crippen LogP contribution is -2.49. The summed E-state index contributed by atoms with van der Waals surface area (Å²) in [6, 6.07) is 0.882. The molecule has 2 aliphatic rings. The number of hydrogen-bond acceptors (Lipinski definition) is 6. The molecule has 6 nitrogen and oxygen atoms in total. The predicted molar refractivity (Wildman–Crippen MR) is 117 cm³/mol. The number of anilines is 1. The second kappa shape index (κ2) is 9.56. The van der Waals surface area contributed by atoms with E-state index in [4.69, 9.17) is 0 Å². The van der Waals surface area contributed by atoms with Crippen molar-refractivity contribution in [3.05, 3.63) is 40.7 Å². The molecule has 0 aliphatic carbocycles. The minimum absolute atomic E-state index is 0.00486. The summed E-state index contributed by atoms with van der Waals surface area (Å²) >= 11 is 1.25. The van der Waals surface area contributed by atoms with Crippen molar-refractivity contribution in [2.24, 2.45) is 5.92 Å². The Kier molecular flexibility index (Phi) is 6.81. The molecule has 0 aromatic carbocycles. The molecule has 2 aromatic rings. The van der Waals surface area contributed by atoms with Crippen LogP contribution in [0.4, 0.5) is 13.9 Å². The molecule has 4 heterocycles. The highest BCUT2D eigenvalue weighted by molar-refractivity contribution is 7.17. The van der Waals surface area contributed by atoms with Crippen LogP contribution in [-0.2, 0) is 0 Å². The maximum atomic E-state index is 13.9. The van der Waals surface area contributed by atoms with E-state index in [2.05, 4.69) is 27.1 Å². The molecule has 31 heavy (non-hydrogen) atoms. The molecule has 1 unspecified atom stereocenters. The Hall–Kier alpha value is -2.13. The lowest BCUT2D eigenvalue weighted by Gasteiger charge is -2.41. The lowest BCUT2D eigenvalue weighted by atomic mass is 9.95. The largest absolute Gasteiger partial charge is 0.353 e. The van der Waals surface area contributed by atoms with Gasteiger partial charge in [0.1, 0.15) is 16.5 Å². The van der Waals surface area contributed by atoms with E-state index in [1.807, 2.05) is 4.90 Å². The first-order valence-corrected chi connectivity index (χ1v) is 11.8. The molecule has 0 spiro atoms. The van der Waals surface area contributed by atoms with Crippen LogP contribution in [0, 0.1) is 17.6 Å². The molecule has 0 saturated carbocycles. The first-order valence-electron chi connectivity index (χ1n) is 11.0. The molecule has 1 amide bonds. The molecule has 2 saturated heterocycles. The number of aromatic nitrogens is 2. The average Bonchev–Trinajstić information content (AvgIpc) is 3.21. The highest BCUT2D eigenvalue weighted by Crippen LogP contribution is 2.28. The predicted octanol–water partition coefficient (Wildman–Crippen LogP) is 4.33. The number of amides is 1. The summed E-state index contributed by atoms with van der Waals surface area (Å²) in [4.78, 5) is 26.1. The van der Waals surface area contributed by atoms with Gasteiger partial charge in [-0.1, -0.05) is 18.3 Å². The van der Waals surface area contributed by atoms with Crippen LogP contribution in [0.2, 0.25) is 0 Å². The number of piperidine rings is 2. The van der Waals surface area contributed by atoms with Gasteiger partial charge in [0, 0.05) is 31.7 Å². The fourth-order valence-electron chi connectivity index (χ4n) is 4.58. The van der Waals surface area contributed by atoms with Crippen molar-refractivity contribution in [3.8, 4) is 0 Å². The third-order valence-corrected chi connectivity index (χ3v) is 7.18. The summed E-state index contributed by atoms with van der Waals surface area (Å²) in [6.45, 7) is 7.91. The van der Waals surface area contributed by atoms with Crippen molar-refractivity contribution in [1.29, 1.82) is 0 Å². The Bertz CT molecular complexity index is 915. The van der Waals surface area contributed by atoms with E-state index in [9.17, 15) is 13.6 Å². The van der Waals surface area contributed by atoms with Gasteiger partial charge in [-0.05, 0) is 45.1 Å². The van der Waals surface area contributed by atoms with Gasteiger partial charge in [-0.15, -0.1) is 0 Å². The van der Waals surface area contributed by atoms with Crippen molar-refractivity contribution in [1.82, 2.24) is 19.8 Å². The summed E-state index contributed by atoms with van der Waals surface area (Å²) in [5, 5.41) is 3.57. The monoisotopic (exact) mass is 449 g/mol. The first kappa shape index (κ1) is 22.1. The van der Waals surface area contributed by atoms with Crippen LogP contribution in [-0.4, -0.2) is 57.9 Å². The Morgan fingerprint density at radius 1 is 1.19 bits per heavy atom. The lowest BCUT2D eigenvalue weighted by molar-refractivity contribution is 0.0545. The van der Waals surface area contributed by atoms with Gasteiger partial charge in [0.25, 0.3) is 5.91 Å². The van der Waals surface area contributed by atoms with Crippen LogP contribution in [0.5, 0.6) is 0 Å². The van der Waals surface area contributed by atoms with Gasteiger partial charge in [-0.25, -0.2) is 13.8 Å². The van der Waals surface area contributed by atoms with E-state index >= 15 is 0 Å². The Balaban J connectivity index is 1.32. The molecule has 2 atom stereocenters. The summed E-state index contributed by atoms with van der Waals surface area (Å²) in [5.74, 6) is -0.666. The standard InChI is InChI=1S/C22H29F2N5OS/c1-14-4-3-7-29(13-14)17-5-8-28(9-6-17)21(30)19-12-26-22(31-19)27-15(2)20-18(24)10-16(23)11-25-20/h10-12,14-15,17H,3-9,13H2,1-2H3,(H,26,27)/t14-,15?/m1/s1. The van der Waals surface area contributed by atoms with Crippen LogP contribution in [0.1, 0.15) is 60.9 Å². The van der Waals surface area contributed by atoms with Crippen molar-refractivity contribution < 1.29 is 13.6 Å². The smallest absolute Gasteiger partial charge is 0.265 e. The fraction of sp³-hybridized carbons (Fsp3) is 0.591. The number of hydrogen-bond donors (Lipinski definition) is 1. The van der Waals surface area contributed by atoms with Gasteiger partial charge >= 0.3 is 0 Å². The van der Waals surface area contributed by atoms with E-state index in [1.54, 1.807) is 13.1 Å². The van der Waals surface area contributed by atoms with E-state index < -0.39 is 17.7 Å². The van der Waals surface area contributed by atoms with E-state index in [0.29, 0.717) is 16.1 Å². The maximum Gasteiger partial charge on any atom is 0.265 e. The van der Waals surface area contributed by atoms with Crippen LogP contribution in [0.25, 0.3) is 0 Å². The number of likely N-dealkylation sites (tertiary alicyclic amines) is 2.